The lowest BCUT2D eigenvalue weighted by molar-refractivity contribution is -0.660. The Morgan fingerprint density at radius 3 is 0.977 bits per heavy atom. The topological polar surface area (TPSA) is 120 Å². The Morgan fingerprint density at radius 1 is 0.273 bits per heavy atom. The van der Waals surface area contributed by atoms with Crippen LogP contribution in [0, 0.1) is 81.8 Å². The van der Waals surface area contributed by atoms with Crippen LogP contribution in [0.4, 0.5) is 4.39 Å². The summed E-state index contributed by atoms with van der Waals surface area (Å²) in [6, 6.07) is 92.3. The maximum absolute atomic E-state index is 13.7. The number of hydrogen-bond donors (Lipinski definition) is 0. The summed E-state index contributed by atoms with van der Waals surface area (Å²) in [5.74, 6) is -0.376. The zero-order valence-corrected chi connectivity index (χ0v) is 75.1. The molecule has 12 heterocycles. The summed E-state index contributed by atoms with van der Waals surface area (Å²) in [6.45, 7) is 9.53. The van der Waals surface area contributed by atoms with Crippen molar-refractivity contribution >= 4 is 131 Å². The van der Waals surface area contributed by atoms with Gasteiger partial charge in [0.25, 0.3) is 0 Å². The van der Waals surface area contributed by atoms with E-state index in [2.05, 4.69) is 188 Å². The van der Waals surface area contributed by atoms with Crippen LogP contribution in [0.2, 0.25) is 0 Å². The van der Waals surface area contributed by atoms with Crippen LogP contribution in [-0.2, 0) is 28.2 Å². The fourth-order valence-corrected chi connectivity index (χ4v) is 19.2. The zero-order valence-electron chi connectivity index (χ0n) is 84.1. The molecule has 12 aromatic heterocycles. The standard InChI is InChI=1S/C31H27N2O.C30H24FN2O.2C29H23N2O/c1-18-10-13-22(14-11-18)26-16-27(33(5)17-20(26)3)28-19(2)12-15-25-29-24-9-7-6-8-23(24)21(4)32-31(29)34-30(25)28;1-17-9-14-24-28-23-8-6-5-7-22(23)19(3)32-30(28)34-29(24)27(17)26-15-25(18(2)16-33(26)4)20-10-12-21(31)13-11-20;1-18-13-14-23-27-22-12-8-7-11-21(22)16-30-29(27)32-28(23)26(18)25-15-24(19(2)17-31(25)3)20-9-5-4-6-10-20;1-18-8-11-20(12-9-18)21-14-15-31(3)25(16-21)26-19(2)10-13-24-27-23-7-5-4-6-22(23)17-30-29(27)32-28(24)26/h6-17H,1-5H3;5-16H,1-4H3;2*4-17H,1-3H3/q4*+1/i3D3;2*2D3;. The van der Waals surface area contributed by atoms with Crippen molar-refractivity contribution in [3.05, 3.63) is 384 Å². The van der Waals surface area contributed by atoms with Gasteiger partial charge in [0.2, 0.25) is 45.6 Å². The Morgan fingerprint density at radius 2 is 0.591 bits per heavy atom. The molecule has 0 saturated heterocycles. The van der Waals surface area contributed by atoms with Crippen molar-refractivity contribution in [3.8, 4) is 89.5 Å². The van der Waals surface area contributed by atoms with Crippen LogP contribution in [0.3, 0.4) is 0 Å². The SMILES string of the molecule is Cc1ccc(-c2cc[n+](C)c(-c3c(C)ccc4c3oc3ncc5ccccc5c34)c2)cc1.[2H]C([2H])([2H])c1c[n+](C)c(-c2c(C)ccc3c2oc2nc(C)c4ccccc4c23)cc1-c1ccc(C)cc1.[2H]C([2H])([2H])c1c[n+](C)c(-c2c(C)ccc3c2oc2nc(C)c4ccccc4c23)cc1-c1ccc(F)cc1.[2H]C([2H])([2H])c1c[n+](C)c(-c2c(C)ccc3c2oc2ncc4ccccc4c23)cc1-c1ccccc1. The van der Waals surface area contributed by atoms with E-state index in [9.17, 15) is 4.39 Å². The van der Waals surface area contributed by atoms with E-state index in [-0.39, 0.29) is 11.4 Å². The normalized spacial score (nSPS) is 12.9. The molecule has 12 aromatic carbocycles. The number of rotatable bonds is 8. The van der Waals surface area contributed by atoms with Crippen LogP contribution in [0.5, 0.6) is 0 Å². The van der Waals surface area contributed by atoms with Gasteiger partial charge in [-0.15, -0.1) is 0 Å². The van der Waals surface area contributed by atoms with E-state index in [4.69, 9.17) is 40.0 Å². The second-order valence-electron chi connectivity index (χ2n) is 34.6. The van der Waals surface area contributed by atoms with Crippen molar-refractivity contribution in [2.75, 3.05) is 0 Å². The highest BCUT2D eigenvalue weighted by atomic mass is 19.1. The second kappa shape index (κ2) is 33.3. The Labute approximate surface area is 776 Å². The van der Waals surface area contributed by atoms with Gasteiger partial charge >= 0.3 is 0 Å². The fraction of sp³-hybridized carbons (Fsp3) is 0.126. The van der Waals surface area contributed by atoms with Gasteiger partial charge < -0.3 is 17.7 Å². The molecule has 0 radical (unpaired) electrons. The molecule has 0 aliphatic heterocycles. The summed E-state index contributed by atoms with van der Waals surface area (Å²) in [5.41, 5.74) is 29.0. The number of pyridine rings is 8. The van der Waals surface area contributed by atoms with Gasteiger partial charge in [-0.1, -0.05) is 248 Å². The molecule has 13 heteroatoms. The molecule has 0 saturated carbocycles. The molecule has 132 heavy (non-hydrogen) atoms. The third-order valence-electron chi connectivity index (χ3n) is 26.0. The molecule has 0 aliphatic carbocycles. The maximum Gasteiger partial charge on any atom is 0.228 e. The van der Waals surface area contributed by atoms with Crippen molar-refractivity contribution in [2.24, 2.45) is 28.2 Å². The number of halogens is 1. The van der Waals surface area contributed by atoms with Crippen LogP contribution in [0.15, 0.2) is 334 Å². The van der Waals surface area contributed by atoms with Crippen molar-refractivity contribution in [3.63, 3.8) is 0 Å². The first-order valence-electron chi connectivity index (χ1n) is 48.6. The molecule has 0 N–H and O–H groups in total. The molecule has 640 valence electrons. The van der Waals surface area contributed by atoms with E-state index in [1.165, 1.54) is 39.8 Å². The summed E-state index contributed by atoms with van der Waals surface area (Å²) < 4.78 is 121. The minimum atomic E-state index is -2.35. The Hall–Kier alpha value is -16.0. The van der Waals surface area contributed by atoms with Gasteiger partial charge in [-0.2, -0.15) is 0 Å². The molecular weight excluding hydrogens is 1620 g/mol. The first-order valence-corrected chi connectivity index (χ1v) is 44.1. The summed E-state index contributed by atoms with van der Waals surface area (Å²) in [6.07, 6.45) is 10.9. The Kier molecular flexibility index (Phi) is 18.4. The molecule has 0 spiro atoms. The van der Waals surface area contributed by atoms with Crippen molar-refractivity contribution < 1.29 is 52.7 Å². The third kappa shape index (κ3) is 14.5. The second-order valence-corrected chi connectivity index (χ2v) is 34.6. The van der Waals surface area contributed by atoms with Crippen molar-refractivity contribution in [2.45, 2.75) is 75.9 Å². The van der Waals surface area contributed by atoms with Crippen molar-refractivity contribution in [1.82, 2.24) is 19.9 Å². The highest BCUT2D eigenvalue weighted by Gasteiger charge is 2.30. The number of furan rings is 4. The molecule has 0 bridgehead atoms. The van der Waals surface area contributed by atoms with E-state index < -0.39 is 20.6 Å². The van der Waals surface area contributed by atoms with E-state index in [0.717, 1.165) is 187 Å². The monoisotopic (exact) mass is 1730 g/mol. The third-order valence-corrected chi connectivity index (χ3v) is 26.0. The highest BCUT2D eigenvalue weighted by molar-refractivity contribution is 6.24. The van der Waals surface area contributed by atoms with Crippen LogP contribution < -0.4 is 18.3 Å². The maximum atomic E-state index is 13.7. The summed E-state index contributed by atoms with van der Waals surface area (Å²) in [4.78, 5) is 18.8. The molecule has 12 nitrogen and oxygen atoms in total. The number of benzene rings is 12. The van der Waals surface area contributed by atoms with Gasteiger partial charge in [0.15, 0.2) is 47.1 Å². The number of aromatic nitrogens is 8. The average molecular weight is 1730 g/mol. The molecule has 0 unspecified atom stereocenters. The number of hydrogen-bond acceptors (Lipinski definition) is 8. The van der Waals surface area contributed by atoms with Crippen LogP contribution in [-0.4, -0.2) is 19.9 Å². The van der Waals surface area contributed by atoms with Gasteiger partial charge in [0, 0.05) is 126 Å². The van der Waals surface area contributed by atoms with Gasteiger partial charge in [-0.3, -0.25) is 0 Å². The minimum absolute atomic E-state index is 0.197. The smallest absolute Gasteiger partial charge is 0.228 e. The summed E-state index contributed by atoms with van der Waals surface area (Å²) >= 11 is 0. The first kappa shape index (κ1) is 73.0. The van der Waals surface area contributed by atoms with Crippen molar-refractivity contribution in [1.29, 1.82) is 0 Å². The van der Waals surface area contributed by atoms with Crippen LogP contribution >= 0.6 is 0 Å². The minimum Gasteiger partial charge on any atom is -0.437 e. The largest absolute Gasteiger partial charge is 0.437 e. The van der Waals surface area contributed by atoms with Crippen LogP contribution in [0.1, 0.15) is 73.8 Å². The highest BCUT2D eigenvalue weighted by Crippen LogP contribution is 2.47. The molecular formula is C119H97FN8O4+4. The van der Waals surface area contributed by atoms with Gasteiger partial charge in [0.1, 0.15) is 34.0 Å². The lowest BCUT2D eigenvalue weighted by atomic mass is 9.95. The van der Waals surface area contributed by atoms with E-state index in [1.807, 2.05) is 197 Å². The lowest BCUT2D eigenvalue weighted by Crippen LogP contribution is -2.31. The average Bonchev–Trinajstić information content (AvgIpc) is 1.66. The zero-order chi connectivity index (χ0) is 98.3. The summed E-state index contributed by atoms with van der Waals surface area (Å²) in [7, 11) is 7.69. The van der Waals surface area contributed by atoms with E-state index >= 15 is 0 Å². The summed E-state index contributed by atoms with van der Waals surface area (Å²) in [5, 5.41) is 16.9. The predicted molar refractivity (Wildman–Crippen MR) is 536 cm³/mol. The molecule has 24 aromatic rings. The number of nitrogens with zero attached hydrogens (tertiary/aromatic N) is 8. The molecule has 0 amide bonds. The fourth-order valence-electron chi connectivity index (χ4n) is 19.2. The van der Waals surface area contributed by atoms with E-state index in [0.29, 0.717) is 61.8 Å². The van der Waals surface area contributed by atoms with Crippen LogP contribution in [0.25, 0.3) is 221 Å². The quantitative estimate of drug-likeness (QED) is 0.138. The Bertz CT molecular complexity index is 8950. The Balaban J connectivity index is 0.000000112. The van der Waals surface area contributed by atoms with Gasteiger partial charge in [0.05, 0.1) is 43.8 Å². The predicted octanol–water partition coefficient (Wildman–Crippen LogP) is 28.7. The lowest BCUT2D eigenvalue weighted by Gasteiger charge is -2.10. The first-order chi connectivity index (χ1) is 67.7. The molecule has 0 atom stereocenters. The van der Waals surface area contributed by atoms with E-state index in [1.54, 1.807) is 30.7 Å². The molecule has 0 fully saturated rings. The van der Waals surface area contributed by atoms with Gasteiger partial charge in [-0.25, -0.2) is 42.6 Å². The number of fused-ring (bicyclic) bond motifs is 20. The molecule has 24 rings (SSSR count). The molecule has 0 aliphatic rings. The van der Waals surface area contributed by atoms with Gasteiger partial charge in [-0.05, 0) is 176 Å². The number of aryl methyl sites for hydroxylation is 15.